The van der Waals surface area contributed by atoms with Crippen LogP contribution in [0.3, 0.4) is 0 Å². The number of benzene rings is 10. The highest BCUT2D eigenvalue weighted by atomic mass is 16.3. The summed E-state index contributed by atoms with van der Waals surface area (Å²) in [4.78, 5) is 2.34. The van der Waals surface area contributed by atoms with E-state index in [-0.39, 0.29) is 0 Å². The van der Waals surface area contributed by atoms with Gasteiger partial charge in [0.1, 0.15) is 11.2 Å². The van der Waals surface area contributed by atoms with Gasteiger partial charge in [-0.05, 0) is 127 Å². The topological polar surface area (TPSA) is 16.4 Å². The molecule has 0 saturated carbocycles. The van der Waals surface area contributed by atoms with Crippen LogP contribution in [0.2, 0.25) is 0 Å². The highest BCUT2D eigenvalue weighted by molar-refractivity contribution is 6.19. The van der Waals surface area contributed by atoms with Crippen molar-refractivity contribution in [3.05, 3.63) is 212 Å². The number of hydrogen-bond acceptors (Lipinski definition) is 2. The fourth-order valence-corrected chi connectivity index (χ4v) is 8.40. The Balaban J connectivity index is 0.977. The van der Waals surface area contributed by atoms with E-state index in [4.69, 9.17) is 4.42 Å². The molecule has 56 heavy (non-hydrogen) atoms. The molecular formula is C54H35NO. The zero-order chi connectivity index (χ0) is 37.0. The second-order valence-electron chi connectivity index (χ2n) is 14.6. The normalized spacial score (nSPS) is 11.6. The van der Waals surface area contributed by atoms with E-state index in [1.807, 2.05) is 0 Å². The van der Waals surface area contributed by atoms with Crippen LogP contribution >= 0.6 is 0 Å². The molecule has 0 aliphatic rings. The second kappa shape index (κ2) is 13.2. The third-order valence-electron chi connectivity index (χ3n) is 11.2. The molecule has 0 spiro atoms. The molecule has 1 heterocycles. The molecule has 2 nitrogen and oxygen atoms in total. The first-order valence-electron chi connectivity index (χ1n) is 19.2. The molecule has 1 aromatic heterocycles. The van der Waals surface area contributed by atoms with Crippen molar-refractivity contribution in [2.24, 2.45) is 0 Å². The highest BCUT2D eigenvalue weighted by Gasteiger charge is 2.17. The van der Waals surface area contributed by atoms with Crippen LogP contribution in [0, 0.1) is 0 Å². The largest absolute Gasteiger partial charge is 0.455 e. The molecule has 0 aliphatic heterocycles. The summed E-state index contributed by atoms with van der Waals surface area (Å²) in [6, 6.07) is 76.5. The zero-order valence-electron chi connectivity index (χ0n) is 30.6. The van der Waals surface area contributed by atoms with Gasteiger partial charge < -0.3 is 9.32 Å². The van der Waals surface area contributed by atoms with Crippen LogP contribution in [-0.4, -0.2) is 0 Å². The van der Waals surface area contributed by atoms with Gasteiger partial charge in [-0.15, -0.1) is 0 Å². The summed E-state index contributed by atoms with van der Waals surface area (Å²) in [6.07, 6.45) is 0. The summed E-state index contributed by atoms with van der Waals surface area (Å²) in [5.74, 6) is 0. The first-order chi connectivity index (χ1) is 27.7. The number of fused-ring (bicyclic) bond motifs is 7. The lowest BCUT2D eigenvalue weighted by Gasteiger charge is -2.26. The predicted octanol–water partition coefficient (Wildman–Crippen LogP) is 15.5. The van der Waals surface area contributed by atoms with Crippen molar-refractivity contribution >= 4 is 71.3 Å². The van der Waals surface area contributed by atoms with Gasteiger partial charge in [-0.3, -0.25) is 0 Å². The van der Waals surface area contributed by atoms with Gasteiger partial charge in [-0.1, -0.05) is 146 Å². The average Bonchev–Trinajstić information content (AvgIpc) is 3.67. The van der Waals surface area contributed by atoms with E-state index in [2.05, 4.69) is 217 Å². The lowest BCUT2D eigenvalue weighted by atomic mass is 9.96. The summed E-state index contributed by atoms with van der Waals surface area (Å²) in [6.45, 7) is 0. The predicted molar refractivity (Wildman–Crippen MR) is 237 cm³/mol. The van der Waals surface area contributed by atoms with E-state index in [9.17, 15) is 0 Å². The Kier molecular flexibility index (Phi) is 7.53. The van der Waals surface area contributed by atoms with Gasteiger partial charge in [-0.25, -0.2) is 0 Å². The molecule has 0 amide bonds. The number of furan rings is 1. The van der Waals surface area contributed by atoms with Gasteiger partial charge in [-0.2, -0.15) is 0 Å². The van der Waals surface area contributed by atoms with Gasteiger partial charge in [0.15, 0.2) is 0 Å². The first kappa shape index (κ1) is 32.0. The van der Waals surface area contributed by atoms with E-state index < -0.39 is 0 Å². The standard InChI is InChI=1S/C54H35NO/c1-3-10-36(11-4-1)41-21-18-37-19-22-42(33-44(37)32-41)43-23-20-38-24-30-48(35-45(38)34-43)55(46-13-5-2-6-14-46)47-28-25-40(26-29-47)49-16-9-17-52-53(49)51-31-27-39-12-7-8-15-50(39)54(51)56-52/h1-35H. The monoisotopic (exact) mass is 713 g/mol. The van der Waals surface area contributed by atoms with Crippen molar-refractivity contribution in [3.8, 4) is 33.4 Å². The van der Waals surface area contributed by atoms with E-state index in [1.54, 1.807) is 0 Å². The Morgan fingerprint density at radius 2 is 0.857 bits per heavy atom. The second-order valence-corrected chi connectivity index (χ2v) is 14.6. The van der Waals surface area contributed by atoms with Crippen molar-refractivity contribution in [1.29, 1.82) is 0 Å². The van der Waals surface area contributed by atoms with Crippen LogP contribution in [0.1, 0.15) is 0 Å². The van der Waals surface area contributed by atoms with Gasteiger partial charge >= 0.3 is 0 Å². The van der Waals surface area contributed by atoms with Crippen molar-refractivity contribution in [2.45, 2.75) is 0 Å². The molecule has 0 N–H and O–H groups in total. The van der Waals surface area contributed by atoms with Crippen molar-refractivity contribution < 1.29 is 4.42 Å². The molecule has 2 heteroatoms. The molecular weight excluding hydrogens is 679 g/mol. The summed E-state index contributed by atoms with van der Waals surface area (Å²) in [5, 5.41) is 9.49. The Bertz CT molecular complexity index is 3230. The molecule has 0 fully saturated rings. The molecule has 11 rings (SSSR count). The molecule has 0 aliphatic carbocycles. The summed E-state index contributed by atoms with van der Waals surface area (Å²) >= 11 is 0. The van der Waals surface area contributed by atoms with E-state index in [0.717, 1.165) is 55.5 Å². The lowest BCUT2D eigenvalue weighted by molar-refractivity contribution is 0.673. The molecule has 10 aromatic carbocycles. The first-order valence-corrected chi connectivity index (χ1v) is 19.2. The third-order valence-corrected chi connectivity index (χ3v) is 11.2. The minimum absolute atomic E-state index is 0.903. The quantitative estimate of drug-likeness (QED) is 0.171. The van der Waals surface area contributed by atoms with E-state index in [1.165, 1.54) is 49.2 Å². The van der Waals surface area contributed by atoms with Crippen LogP contribution in [0.25, 0.3) is 87.6 Å². The Hall–Kier alpha value is -7.42. The van der Waals surface area contributed by atoms with E-state index >= 15 is 0 Å². The van der Waals surface area contributed by atoms with Crippen LogP contribution in [0.5, 0.6) is 0 Å². The van der Waals surface area contributed by atoms with Crippen molar-refractivity contribution in [3.63, 3.8) is 0 Å². The fraction of sp³-hybridized carbons (Fsp3) is 0. The molecule has 0 unspecified atom stereocenters. The minimum Gasteiger partial charge on any atom is -0.455 e. The number of anilines is 3. The molecule has 0 atom stereocenters. The summed E-state index contributed by atoms with van der Waals surface area (Å²) in [5.41, 5.74) is 12.3. The maximum Gasteiger partial charge on any atom is 0.143 e. The number of rotatable bonds is 6. The smallest absolute Gasteiger partial charge is 0.143 e. The minimum atomic E-state index is 0.903. The van der Waals surface area contributed by atoms with Gasteiger partial charge in [0, 0.05) is 33.2 Å². The van der Waals surface area contributed by atoms with Crippen LogP contribution < -0.4 is 4.90 Å². The van der Waals surface area contributed by atoms with Crippen LogP contribution in [0.15, 0.2) is 217 Å². The third kappa shape index (κ3) is 5.51. The SMILES string of the molecule is c1ccc(-c2ccc3ccc(-c4ccc5ccc(N(c6ccccc6)c6ccc(-c7cccc8oc9c%10ccccc%10ccc9c78)cc6)cc5c4)cc3c2)cc1. The van der Waals surface area contributed by atoms with Gasteiger partial charge in [0.25, 0.3) is 0 Å². The van der Waals surface area contributed by atoms with Crippen LogP contribution in [0.4, 0.5) is 17.1 Å². The van der Waals surface area contributed by atoms with Crippen molar-refractivity contribution in [2.75, 3.05) is 4.90 Å². The maximum absolute atomic E-state index is 6.51. The van der Waals surface area contributed by atoms with Crippen LogP contribution in [-0.2, 0) is 0 Å². The lowest BCUT2D eigenvalue weighted by Crippen LogP contribution is -2.09. The van der Waals surface area contributed by atoms with Gasteiger partial charge in [0.2, 0.25) is 0 Å². The number of para-hydroxylation sites is 1. The molecule has 11 aromatic rings. The Labute approximate surface area is 325 Å². The number of nitrogens with zero attached hydrogens (tertiary/aromatic N) is 1. The average molecular weight is 714 g/mol. The summed E-state index contributed by atoms with van der Waals surface area (Å²) in [7, 11) is 0. The number of hydrogen-bond donors (Lipinski definition) is 0. The molecule has 0 bridgehead atoms. The molecule has 0 saturated heterocycles. The summed E-state index contributed by atoms with van der Waals surface area (Å²) < 4.78 is 6.51. The van der Waals surface area contributed by atoms with Crippen molar-refractivity contribution in [1.82, 2.24) is 0 Å². The maximum atomic E-state index is 6.51. The highest BCUT2D eigenvalue weighted by Crippen LogP contribution is 2.42. The Morgan fingerprint density at radius 3 is 1.59 bits per heavy atom. The fourth-order valence-electron chi connectivity index (χ4n) is 8.40. The van der Waals surface area contributed by atoms with Gasteiger partial charge in [0.05, 0.1) is 0 Å². The molecule has 0 radical (unpaired) electrons. The Morgan fingerprint density at radius 1 is 0.304 bits per heavy atom. The zero-order valence-corrected chi connectivity index (χ0v) is 30.6. The van der Waals surface area contributed by atoms with E-state index in [0.29, 0.717) is 0 Å². The molecule has 262 valence electrons.